The summed E-state index contributed by atoms with van der Waals surface area (Å²) in [7, 11) is 0. The molecule has 21 heavy (non-hydrogen) atoms. The maximum Gasteiger partial charge on any atom is 0.224 e. The van der Waals surface area contributed by atoms with Gasteiger partial charge in [0.25, 0.3) is 0 Å². The molecule has 0 spiro atoms. The Morgan fingerprint density at radius 2 is 2.00 bits per heavy atom. The average Bonchev–Trinajstić information content (AvgIpc) is 2.49. The van der Waals surface area contributed by atoms with Gasteiger partial charge in [-0.25, -0.2) is 4.39 Å². The third-order valence-corrected chi connectivity index (χ3v) is 3.85. The summed E-state index contributed by atoms with van der Waals surface area (Å²) in [6, 6.07) is 12.2. The van der Waals surface area contributed by atoms with Crippen molar-refractivity contribution in [2.24, 2.45) is 5.73 Å². The molecule has 0 aromatic heterocycles. The lowest BCUT2D eigenvalue weighted by Crippen LogP contribution is -2.20. The van der Waals surface area contributed by atoms with Crippen molar-refractivity contribution in [2.45, 2.75) is 25.3 Å². The van der Waals surface area contributed by atoms with Gasteiger partial charge in [0, 0.05) is 18.2 Å². The molecule has 3 N–H and O–H groups in total. The van der Waals surface area contributed by atoms with Crippen molar-refractivity contribution >= 4 is 11.6 Å². The number of aryl methyl sites for hydroxylation is 1. The molecule has 108 valence electrons. The molecule has 0 saturated carbocycles. The number of benzene rings is 2. The van der Waals surface area contributed by atoms with E-state index in [-0.39, 0.29) is 17.8 Å². The summed E-state index contributed by atoms with van der Waals surface area (Å²) in [6.45, 7) is 0. The zero-order valence-electron chi connectivity index (χ0n) is 11.6. The Morgan fingerprint density at radius 1 is 1.19 bits per heavy atom. The van der Waals surface area contributed by atoms with Crippen LogP contribution < -0.4 is 11.1 Å². The number of nitrogens with one attached hydrogen (secondary N) is 1. The smallest absolute Gasteiger partial charge is 0.224 e. The van der Waals surface area contributed by atoms with E-state index >= 15 is 0 Å². The van der Waals surface area contributed by atoms with Crippen LogP contribution in [0.5, 0.6) is 0 Å². The zero-order chi connectivity index (χ0) is 14.8. The minimum absolute atomic E-state index is 0.0471. The van der Waals surface area contributed by atoms with Crippen LogP contribution in [-0.2, 0) is 17.6 Å². The van der Waals surface area contributed by atoms with Gasteiger partial charge < -0.3 is 11.1 Å². The van der Waals surface area contributed by atoms with Crippen molar-refractivity contribution < 1.29 is 9.18 Å². The monoisotopic (exact) mass is 284 g/mol. The van der Waals surface area contributed by atoms with Gasteiger partial charge in [-0.1, -0.05) is 30.3 Å². The SMILES string of the molecule is NC(Cc1ccccc1F)c1ccc2c(c1)CCC(=O)N2. The second kappa shape index (κ2) is 5.66. The number of anilines is 1. The van der Waals surface area contributed by atoms with Gasteiger partial charge in [0.15, 0.2) is 0 Å². The second-order valence-electron chi connectivity index (χ2n) is 5.37. The van der Waals surface area contributed by atoms with E-state index in [1.54, 1.807) is 12.1 Å². The lowest BCUT2D eigenvalue weighted by Gasteiger charge is -2.20. The Balaban J connectivity index is 1.81. The third kappa shape index (κ3) is 2.95. The number of hydrogen-bond acceptors (Lipinski definition) is 2. The van der Waals surface area contributed by atoms with Crippen molar-refractivity contribution in [3.8, 4) is 0 Å². The van der Waals surface area contributed by atoms with Crippen molar-refractivity contribution in [3.63, 3.8) is 0 Å². The topological polar surface area (TPSA) is 55.1 Å². The van der Waals surface area contributed by atoms with Crippen LogP contribution in [-0.4, -0.2) is 5.91 Å². The molecule has 1 atom stereocenters. The Hall–Kier alpha value is -2.20. The molecule has 0 saturated heterocycles. The summed E-state index contributed by atoms with van der Waals surface area (Å²) in [5.41, 5.74) is 9.74. The first-order valence-electron chi connectivity index (χ1n) is 7.05. The van der Waals surface area contributed by atoms with Gasteiger partial charge in [0.2, 0.25) is 5.91 Å². The molecule has 0 fully saturated rings. The second-order valence-corrected chi connectivity index (χ2v) is 5.37. The van der Waals surface area contributed by atoms with E-state index in [1.165, 1.54) is 6.07 Å². The molecular formula is C17H17FN2O. The van der Waals surface area contributed by atoms with E-state index in [9.17, 15) is 9.18 Å². The van der Waals surface area contributed by atoms with Gasteiger partial charge in [-0.2, -0.15) is 0 Å². The lowest BCUT2D eigenvalue weighted by atomic mass is 9.94. The van der Waals surface area contributed by atoms with Gasteiger partial charge >= 0.3 is 0 Å². The van der Waals surface area contributed by atoms with E-state index in [1.807, 2.05) is 24.3 Å². The van der Waals surface area contributed by atoms with Crippen molar-refractivity contribution in [1.29, 1.82) is 0 Å². The summed E-state index contributed by atoms with van der Waals surface area (Å²) in [6.07, 6.45) is 1.68. The fourth-order valence-electron chi connectivity index (χ4n) is 2.65. The van der Waals surface area contributed by atoms with Crippen molar-refractivity contribution in [2.75, 3.05) is 5.32 Å². The van der Waals surface area contributed by atoms with Crippen LogP contribution in [0.15, 0.2) is 42.5 Å². The van der Waals surface area contributed by atoms with Gasteiger partial charge in [-0.15, -0.1) is 0 Å². The van der Waals surface area contributed by atoms with Crippen LogP contribution in [0.2, 0.25) is 0 Å². The normalized spacial score (nSPS) is 15.2. The molecule has 1 aliphatic heterocycles. The van der Waals surface area contributed by atoms with E-state index in [4.69, 9.17) is 5.73 Å². The predicted molar refractivity (Wildman–Crippen MR) is 80.4 cm³/mol. The van der Waals surface area contributed by atoms with E-state index in [2.05, 4.69) is 5.32 Å². The molecule has 2 aromatic carbocycles. The number of nitrogens with two attached hydrogens (primary N) is 1. The zero-order valence-corrected chi connectivity index (χ0v) is 11.6. The van der Waals surface area contributed by atoms with Gasteiger partial charge in [-0.05, 0) is 41.7 Å². The first-order chi connectivity index (χ1) is 10.1. The molecule has 0 bridgehead atoms. The molecule has 4 heteroatoms. The highest BCUT2D eigenvalue weighted by Crippen LogP contribution is 2.27. The molecule has 3 nitrogen and oxygen atoms in total. The van der Waals surface area contributed by atoms with Crippen molar-refractivity contribution in [1.82, 2.24) is 0 Å². The average molecular weight is 284 g/mol. The van der Waals surface area contributed by atoms with Crippen LogP contribution in [0, 0.1) is 5.82 Å². The first kappa shape index (κ1) is 13.8. The highest BCUT2D eigenvalue weighted by atomic mass is 19.1. The van der Waals surface area contributed by atoms with Gasteiger partial charge in [0.1, 0.15) is 5.82 Å². The largest absolute Gasteiger partial charge is 0.326 e. The fourth-order valence-corrected chi connectivity index (χ4v) is 2.65. The molecule has 1 unspecified atom stereocenters. The van der Waals surface area contributed by atoms with Crippen LogP contribution in [0.1, 0.15) is 29.2 Å². The molecule has 1 amide bonds. The molecule has 0 aliphatic carbocycles. The molecule has 3 rings (SSSR count). The number of carbonyl (C=O) groups excluding carboxylic acids is 1. The summed E-state index contributed by atoms with van der Waals surface area (Å²) in [5.74, 6) is -0.177. The summed E-state index contributed by atoms with van der Waals surface area (Å²) in [4.78, 5) is 11.3. The maximum absolute atomic E-state index is 13.7. The third-order valence-electron chi connectivity index (χ3n) is 3.85. The first-order valence-corrected chi connectivity index (χ1v) is 7.05. The molecule has 2 aromatic rings. The Bertz CT molecular complexity index is 684. The lowest BCUT2D eigenvalue weighted by molar-refractivity contribution is -0.116. The Morgan fingerprint density at radius 3 is 2.81 bits per heavy atom. The predicted octanol–water partition coefficient (Wildman–Crippen LogP) is 2.95. The maximum atomic E-state index is 13.7. The number of hydrogen-bond donors (Lipinski definition) is 2. The van der Waals surface area contributed by atoms with Crippen LogP contribution in [0.4, 0.5) is 10.1 Å². The van der Waals surface area contributed by atoms with Crippen LogP contribution >= 0.6 is 0 Å². The standard InChI is InChI=1S/C17H17FN2O/c18-14-4-2-1-3-11(14)10-15(19)12-5-7-16-13(9-12)6-8-17(21)20-16/h1-5,7,9,15H,6,8,10,19H2,(H,20,21). The summed E-state index contributed by atoms with van der Waals surface area (Å²) in [5, 5.41) is 2.85. The molecular weight excluding hydrogens is 267 g/mol. The quantitative estimate of drug-likeness (QED) is 0.910. The van der Waals surface area contributed by atoms with Gasteiger partial charge in [0.05, 0.1) is 0 Å². The highest BCUT2D eigenvalue weighted by Gasteiger charge is 2.17. The minimum atomic E-state index is -0.259. The Kier molecular flexibility index (Phi) is 3.71. The summed E-state index contributed by atoms with van der Waals surface area (Å²) >= 11 is 0. The van der Waals surface area contributed by atoms with E-state index in [0.717, 1.165) is 23.2 Å². The highest BCUT2D eigenvalue weighted by molar-refractivity contribution is 5.93. The fraction of sp³-hybridized carbons (Fsp3) is 0.235. The number of rotatable bonds is 3. The molecule has 0 radical (unpaired) electrons. The molecule has 1 heterocycles. The van der Waals surface area contributed by atoms with Crippen molar-refractivity contribution in [3.05, 3.63) is 65.0 Å². The number of carbonyl (C=O) groups is 1. The van der Waals surface area contributed by atoms with E-state index < -0.39 is 0 Å². The van der Waals surface area contributed by atoms with Crippen LogP contribution in [0.3, 0.4) is 0 Å². The minimum Gasteiger partial charge on any atom is -0.326 e. The van der Waals surface area contributed by atoms with Crippen LogP contribution in [0.25, 0.3) is 0 Å². The number of amides is 1. The number of fused-ring (bicyclic) bond motifs is 1. The molecule has 1 aliphatic rings. The van der Waals surface area contributed by atoms with E-state index in [0.29, 0.717) is 18.4 Å². The van der Waals surface area contributed by atoms with Gasteiger partial charge in [-0.3, -0.25) is 4.79 Å². The Labute approximate surface area is 123 Å². The number of halogens is 1. The summed E-state index contributed by atoms with van der Waals surface area (Å²) < 4.78 is 13.7.